The van der Waals surface area contributed by atoms with Crippen LogP contribution in [0.2, 0.25) is 5.02 Å². The number of rotatable bonds is 5. The van der Waals surface area contributed by atoms with Crippen LogP contribution in [0.5, 0.6) is 0 Å². The molecule has 5 nitrogen and oxygen atoms in total. The molecular weight excluding hydrogens is 278 g/mol. The minimum Gasteiger partial charge on any atom is -0.396 e. The molecule has 106 valence electrons. The van der Waals surface area contributed by atoms with Crippen LogP contribution in [0.1, 0.15) is 23.8 Å². The van der Waals surface area contributed by atoms with Crippen molar-refractivity contribution in [2.75, 3.05) is 6.61 Å². The first kappa shape index (κ1) is 14.6. The highest BCUT2D eigenvalue weighted by Gasteiger charge is 2.13. The lowest BCUT2D eigenvalue weighted by atomic mass is 10.2. The van der Waals surface area contributed by atoms with E-state index in [9.17, 15) is 4.79 Å². The molecule has 2 rings (SSSR count). The Labute approximate surface area is 122 Å². The van der Waals surface area contributed by atoms with Gasteiger partial charge in [0.2, 0.25) is 0 Å². The van der Waals surface area contributed by atoms with Gasteiger partial charge in [-0.2, -0.15) is 5.10 Å². The number of aliphatic hydroxyl groups excluding tert-OH is 1. The van der Waals surface area contributed by atoms with E-state index in [-0.39, 0.29) is 18.6 Å². The van der Waals surface area contributed by atoms with E-state index in [0.717, 1.165) is 5.69 Å². The van der Waals surface area contributed by atoms with E-state index in [2.05, 4.69) is 10.4 Å². The Morgan fingerprint density at radius 1 is 1.45 bits per heavy atom. The van der Waals surface area contributed by atoms with Crippen LogP contribution in [0.4, 0.5) is 0 Å². The average molecular weight is 294 g/mol. The molecule has 0 aliphatic carbocycles. The summed E-state index contributed by atoms with van der Waals surface area (Å²) in [6, 6.07) is 8.81. The fourth-order valence-corrected chi connectivity index (χ4v) is 2.00. The summed E-state index contributed by atoms with van der Waals surface area (Å²) in [4.78, 5) is 12.0. The van der Waals surface area contributed by atoms with Crippen LogP contribution in [-0.2, 0) is 0 Å². The molecule has 1 aromatic carbocycles. The lowest BCUT2D eigenvalue weighted by Gasteiger charge is -2.10. The minimum absolute atomic E-state index is 0.0372. The molecule has 6 heteroatoms. The number of nitrogens with one attached hydrogen (secondary N) is 1. The fourth-order valence-electron chi connectivity index (χ4n) is 1.78. The summed E-state index contributed by atoms with van der Waals surface area (Å²) in [5.74, 6) is -0.267. The second-order valence-electron chi connectivity index (χ2n) is 4.48. The van der Waals surface area contributed by atoms with Gasteiger partial charge in [-0.1, -0.05) is 23.7 Å². The number of nitrogens with zero attached hydrogens (tertiary/aromatic N) is 2. The standard InChI is InChI=1S/C14H16ClN3O2/c1-10(7-9-19)16-14(20)12-6-8-18(17-12)13-5-3-2-4-11(13)15/h2-6,8,10,19H,7,9H2,1H3,(H,16,20). The summed E-state index contributed by atoms with van der Waals surface area (Å²) < 4.78 is 1.56. The summed E-state index contributed by atoms with van der Waals surface area (Å²) in [6.45, 7) is 1.87. The first-order chi connectivity index (χ1) is 9.61. The van der Waals surface area contributed by atoms with E-state index < -0.39 is 0 Å². The highest BCUT2D eigenvalue weighted by molar-refractivity contribution is 6.32. The van der Waals surface area contributed by atoms with Crippen molar-refractivity contribution >= 4 is 17.5 Å². The molecule has 1 heterocycles. The van der Waals surface area contributed by atoms with Gasteiger partial charge in [-0.15, -0.1) is 0 Å². The Hall–Kier alpha value is -1.85. The highest BCUT2D eigenvalue weighted by Crippen LogP contribution is 2.19. The number of amides is 1. The summed E-state index contributed by atoms with van der Waals surface area (Å²) >= 11 is 6.08. The van der Waals surface area contributed by atoms with Crippen molar-refractivity contribution < 1.29 is 9.90 Å². The fraction of sp³-hybridized carbons (Fsp3) is 0.286. The largest absolute Gasteiger partial charge is 0.396 e. The quantitative estimate of drug-likeness (QED) is 0.886. The molecule has 0 aliphatic heterocycles. The van der Waals surface area contributed by atoms with Crippen LogP contribution in [-0.4, -0.2) is 33.4 Å². The van der Waals surface area contributed by atoms with Crippen molar-refractivity contribution in [1.82, 2.24) is 15.1 Å². The van der Waals surface area contributed by atoms with Gasteiger partial charge < -0.3 is 10.4 Å². The zero-order valence-electron chi connectivity index (χ0n) is 11.1. The predicted molar refractivity (Wildman–Crippen MR) is 77.2 cm³/mol. The van der Waals surface area contributed by atoms with Crippen LogP contribution in [0, 0.1) is 0 Å². The van der Waals surface area contributed by atoms with Crippen LogP contribution in [0.25, 0.3) is 5.69 Å². The number of benzene rings is 1. The van der Waals surface area contributed by atoms with Crippen molar-refractivity contribution in [2.45, 2.75) is 19.4 Å². The minimum atomic E-state index is -0.267. The SMILES string of the molecule is CC(CCO)NC(=O)c1ccn(-c2ccccc2Cl)n1. The third-order valence-corrected chi connectivity index (χ3v) is 3.18. The molecule has 1 atom stereocenters. The van der Waals surface area contributed by atoms with Gasteiger partial charge in [0.05, 0.1) is 10.7 Å². The zero-order chi connectivity index (χ0) is 14.5. The van der Waals surface area contributed by atoms with E-state index in [1.807, 2.05) is 25.1 Å². The summed E-state index contributed by atoms with van der Waals surface area (Å²) in [7, 11) is 0. The van der Waals surface area contributed by atoms with E-state index in [4.69, 9.17) is 16.7 Å². The second kappa shape index (κ2) is 6.54. The molecule has 1 amide bonds. The maximum absolute atomic E-state index is 12.0. The lowest BCUT2D eigenvalue weighted by molar-refractivity contribution is 0.0929. The monoisotopic (exact) mass is 293 g/mol. The number of aliphatic hydroxyl groups is 1. The van der Waals surface area contributed by atoms with E-state index in [1.54, 1.807) is 23.0 Å². The summed E-state index contributed by atoms with van der Waals surface area (Å²) in [6.07, 6.45) is 2.20. The molecule has 0 bridgehead atoms. The number of hydrogen-bond donors (Lipinski definition) is 2. The molecule has 0 spiro atoms. The van der Waals surface area contributed by atoms with Gasteiger partial charge in [-0.05, 0) is 31.5 Å². The van der Waals surface area contributed by atoms with E-state index in [1.165, 1.54) is 0 Å². The third kappa shape index (κ3) is 3.37. The Kier molecular flexibility index (Phi) is 4.76. The van der Waals surface area contributed by atoms with Gasteiger partial charge in [0.15, 0.2) is 5.69 Å². The maximum Gasteiger partial charge on any atom is 0.271 e. The van der Waals surface area contributed by atoms with Crippen LogP contribution in [0.3, 0.4) is 0 Å². The molecular formula is C14H16ClN3O2. The number of para-hydroxylation sites is 1. The topological polar surface area (TPSA) is 67.2 Å². The smallest absolute Gasteiger partial charge is 0.271 e. The predicted octanol–water partition coefficient (Wildman–Crippen LogP) is 2.03. The highest BCUT2D eigenvalue weighted by atomic mass is 35.5. The van der Waals surface area contributed by atoms with Crippen LogP contribution < -0.4 is 5.32 Å². The van der Waals surface area contributed by atoms with Crippen LogP contribution >= 0.6 is 11.6 Å². The van der Waals surface area contributed by atoms with Gasteiger partial charge in [-0.3, -0.25) is 4.79 Å². The van der Waals surface area contributed by atoms with Crippen molar-refractivity contribution in [3.63, 3.8) is 0 Å². The van der Waals surface area contributed by atoms with Crippen molar-refractivity contribution in [3.8, 4) is 5.69 Å². The molecule has 0 fully saturated rings. The second-order valence-corrected chi connectivity index (χ2v) is 4.89. The molecule has 2 N–H and O–H groups in total. The molecule has 1 unspecified atom stereocenters. The lowest BCUT2D eigenvalue weighted by Crippen LogP contribution is -2.33. The Morgan fingerprint density at radius 3 is 2.90 bits per heavy atom. The number of carbonyl (C=O) groups is 1. The van der Waals surface area contributed by atoms with Crippen molar-refractivity contribution in [2.24, 2.45) is 0 Å². The maximum atomic E-state index is 12.0. The number of carbonyl (C=O) groups excluding carboxylic acids is 1. The van der Waals surface area contributed by atoms with E-state index >= 15 is 0 Å². The zero-order valence-corrected chi connectivity index (χ0v) is 11.8. The van der Waals surface area contributed by atoms with Gasteiger partial charge >= 0.3 is 0 Å². The first-order valence-electron chi connectivity index (χ1n) is 6.34. The molecule has 0 saturated carbocycles. The molecule has 1 aromatic heterocycles. The Morgan fingerprint density at radius 2 is 2.20 bits per heavy atom. The van der Waals surface area contributed by atoms with Gasteiger partial charge in [0.25, 0.3) is 5.91 Å². The average Bonchev–Trinajstić information content (AvgIpc) is 2.89. The Bertz CT molecular complexity index is 598. The molecule has 20 heavy (non-hydrogen) atoms. The number of halogens is 1. The van der Waals surface area contributed by atoms with Gasteiger partial charge in [-0.25, -0.2) is 4.68 Å². The number of hydrogen-bond acceptors (Lipinski definition) is 3. The van der Waals surface area contributed by atoms with Crippen molar-refractivity contribution in [1.29, 1.82) is 0 Å². The third-order valence-electron chi connectivity index (χ3n) is 2.86. The summed E-state index contributed by atoms with van der Waals surface area (Å²) in [5.41, 5.74) is 1.03. The summed E-state index contributed by atoms with van der Waals surface area (Å²) in [5, 5.41) is 16.4. The van der Waals surface area contributed by atoms with Crippen LogP contribution in [0.15, 0.2) is 36.5 Å². The molecule has 0 saturated heterocycles. The van der Waals surface area contributed by atoms with E-state index in [0.29, 0.717) is 17.1 Å². The van der Waals surface area contributed by atoms with Gasteiger partial charge in [0, 0.05) is 18.8 Å². The first-order valence-corrected chi connectivity index (χ1v) is 6.72. The van der Waals surface area contributed by atoms with Gasteiger partial charge in [0.1, 0.15) is 0 Å². The molecule has 2 aromatic rings. The van der Waals surface area contributed by atoms with Crippen molar-refractivity contribution in [3.05, 3.63) is 47.2 Å². The molecule has 0 aliphatic rings. The molecule has 0 radical (unpaired) electrons. The number of aromatic nitrogens is 2. The normalized spacial score (nSPS) is 12.2. The Balaban J connectivity index is 2.13.